The lowest BCUT2D eigenvalue weighted by Gasteiger charge is -2.16. The highest BCUT2D eigenvalue weighted by Crippen LogP contribution is 2.20. The van der Waals surface area contributed by atoms with Crippen LogP contribution in [0.15, 0.2) is 47.6 Å². The highest BCUT2D eigenvalue weighted by molar-refractivity contribution is 5.97. The molecule has 1 aromatic carbocycles. The van der Waals surface area contributed by atoms with Gasteiger partial charge < -0.3 is 27.3 Å². The first-order valence-corrected chi connectivity index (χ1v) is 9.65. The van der Waals surface area contributed by atoms with Crippen molar-refractivity contribution in [3.63, 3.8) is 0 Å². The highest BCUT2D eigenvalue weighted by Gasteiger charge is 2.19. The van der Waals surface area contributed by atoms with Gasteiger partial charge in [0.25, 0.3) is 5.91 Å². The lowest BCUT2D eigenvalue weighted by atomic mass is 10.1. The molecule has 0 bridgehead atoms. The van der Waals surface area contributed by atoms with Gasteiger partial charge in [0, 0.05) is 30.4 Å². The number of aromatic nitrogens is 1. The van der Waals surface area contributed by atoms with E-state index in [-0.39, 0.29) is 5.96 Å². The summed E-state index contributed by atoms with van der Waals surface area (Å²) in [5.41, 5.74) is 18.2. The number of nitrogens with two attached hydrogens (primary N) is 3. The third-order valence-electron chi connectivity index (χ3n) is 4.39. The van der Waals surface area contributed by atoms with Gasteiger partial charge in [0.15, 0.2) is 5.96 Å². The number of pyridine rings is 1. The van der Waals surface area contributed by atoms with E-state index in [0.29, 0.717) is 43.7 Å². The number of hydrogen-bond donors (Lipinski definition) is 4. The summed E-state index contributed by atoms with van der Waals surface area (Å²) in [6.07, 6.45) is 3.22. The van der Waals surface area contributed by atoms with E-state index >= 15 is 0 Å². The van der Waals surface area contributed by atoms with Crippen molar-refractivity contribution in [1.82, 2.24) is 10.3 Å². The zero-order valence-electron chi connectivity index (χ0n) is 17.0. The first-order valence-electron chi connectivity index (χ1n) is 9.65. The van der Waals surface area contributed by atoms with Gasteiger partial charge in [0.2, 0.25) is 5.91 Å². The SMILES string of the molecule is Cc1ccc(C(=O)N[C@@H](CCCN=C(N)N)C(N)=O)cc1OCCc1ccccn1. The lowest BCUT2D eigenvalue weighted by molar-refractivity contribution is -0.120. The van der Waals surface area contributed by atoms with Crippen LogP contribution in [0.3, 0.4) is 0 Å². The van der Waals surface area contributed by atoms with Crippen molar-refractivity contribution in [1.29, 1.82) is 0 Å². The minimum atomic E-state index is -0.818. The molecule has 0 unspecified atom stereocenters. The van der Waals surface area contributed by atoms with Gasteiger partial charge in [-0.1, -0.05) is 12.1 Å². The number of benzene rings is 1. The van der Waals surface area contributed by atoms with Crippen LogP contribution in [0.5, 0.6) is 5.75 Å². The molecule has 7 N–H and O–H groups in total. The molecule has 9 nitrogen and oxygen atoms in total. The maximum Gasteiger partial charge on any atom is 0.252 e. The number of rotatable bonds is 11. The van der Waals surface area contributed by atoms with E-state index in [1.807, 2.05) is 25.1 Å². The second-order valence-electron chi connectivity index (χ2n) is 6.78. The van der Waals surface area contributed by atoms with E-state index in [2.05, 4.69) is 15.3 Å². The summed E-state index contributed by atoms with van der Waals surface area (Å²) in [6.45, 7) is 2.67. The molecule has 0 aliphatic carbocycles. The molecule has 0 saturated carbocycles. The van der Waals surface area contributed by atoms with E-state index in [4.69, 9.17) is 21.9 Å². The Hall–Kier alpha value is -3.62. The average Bonchev–Trinajstić information content (AvgIpc) is 2.72. The molecule has 0 aliphatic rings. The summed E-state index contributed by atoms with van der Waals surface area (Å²) in [7, 11) is 0. The summed E-state index contributed by atoms with van der Waals surface area (Å²) in [5.74, 6) is -0.450. The lowest BCUT2D eigenvalue weighted by Crippen LogP contribution is -2.44. The Labute approximate surface area is 175 Å². The van der Waals surface area contributed by atoms with Crippen molar-refractivity contribution < 1.29 is 14.3 Å². The van der Waals surface area contributed by atoms with Crippen LogP contribution in [0.4, 0.5) is 0 Å². The van der Waals surface area contributed by atoms with Crippen LogP contribution >= 0.6 is 0 Å². The fourth-order valence-electron chi connectivity index (χ4n) is 2.74. The van der Waals surface area contributed by atoms with Crippen LogP contribution in [0, 0.1) is 6.92 Å². The molecule has 30 heavy (non-hydrogen) atoms. The quantitative estimate of drug-likeness (QED) is 0.241. The maximum absolute atomic E-state index is 12.6. The number of carbonyl (C=O) groups excluding carboxylic acids is 2. The van der Waals surface area contributed by atoms with Gasteiger partial charge in [-0.05, 0) is 49.6 Å². The molecule has 0 fully saturated rings. The number of nitrogens with zero attached hydrogens (tertiary/aromatic N) is 2. The molecule has 9 heteroatoms. The molecule has 0 spiro atoms. The first-order chi connectivity index (χ1) is 14.4. The number of carbonyl (C=O) groups is 2. The normalized spacial score (nSPS) is 11.4. The predicted molar refractivity (Wildman–Crippen MR) is 115 cm³/mol. The molecule has 0 radical (unpaired) electrons. The van der Waals surface area contributed by atoms with Crippen molar-refractivity contribution in [2.24, 2.45) is 22.2 Å². The summed E-state index contributed by atoms with van der Waals surface area (Å²) in [6, 6.07) is 10.0. The van der Waals surface area contributed by atoms with E-state index in [1.165, 1.54) is 0 Å². The highest BCUT2D eigenvalue weighted by atomic mass is 16.5. The van der Waals surface area contributed by atoms with Gasteiger partial charge >= 0.3 is 0 Å². The number of primary amides is 1. The molecule has 1 heterocycles. The Balaban J connectivity index is 1.96. The van der Waals surface area contributed by atoms with Gasteiger partial charge in [-0.2, -0.15) is 0 Å². The summed E-state index contributed by atoms with van der Waals surface area (Å²) >= 11 is 0. The number of guanidine groups is 1. The number of aryl methyl sites for hydroxylation is 1. The molecule has 2 amide bonds. The van der Waals surface area contributed by atoms with E-state index in [1.54, 1.807) is 24.4 Å². The number of amides is 2. The van der Waals surface area contributed by atoms with Gasteiger partial charge in [0.1, 0.15) is 11.8 Å². The minimum Gasteiger partial charge on any atom is -0.493 e. The first kappa shape index (κ1) is 22.7. The smallest absolute Gasteiger partial charge is 0.252 e. The predicted octanol–water partition coefficient (Wildman–Crippen LogP) is 0.649. The number of hydrogen-bond acceptors (Lipinski definition) is 5. The van der Waals surface area contributed by atoms with Gasteiger partial charge in [0.05, 0.1) is 6.61 Å². The monoisotopic (exact) mass is 412 g/mol. The molecular weight excluding hydrogens is 384 g/mol. The van der Waals surface area contributed by atoms with E-state index in [9.17, 15) is 9.59 Å². The number of nitrogens with one attached hydrogen (secondary N) is 1. The van der Waals surface area contributed by atoms with Crippen molar-refractivity contribution in [2.75, 3.05) is 13.2 Å². The van der Waals surface area contributed by atoms with Gasteiger partial charge in [-0.15, -0.1) is 0 Å². The van der Waals surface area contributed by atoms with Gasteiger partial charge in [-0.3, -0.25) is 19.6 Å². The molecule has 2 aromatic rings. The fourth-order valence-corrected chi connectivity index (χ4v) is 2.74. The molecular formula is C21H28N6O3. The van der Waals surface area contributed by atoms with Crippen LogP contribution in [0.25, 0.3) is 0 Å². The van der Waals surface area contributed by atoms with Crippen LogP contribution in [-0.2, 0) is 11.2 Å². The van der Waals surface area contributed by atoms with Crippen LogP contribution in [0.1, 0.15) is 34.5 Å². The Kier molecular flexibility index (Phi) is 8.61. The van der Waals surface area contributed by atoms with E-state index in [0.717, 1.165) is 11.3 Å². The number of aliphatic imine (C=N–C) groups is 1. The van der Waals surface area contributed by atoms with Crippen molar-refractivity contribution in [3.05, 3.63) is 59.4 Å². The largest absolute Gasteiger partial charge is 0.493 e. The third kappa shape index (κ3) is 7.42. The number of ether oxygens (including phenoxy) is 1. The second kappa shape index (κ2) is 11.4. The Morgan fingerprint density at radius 3 is 2.67 bits per heavy atom. The minimum absolute atomic E-state index is 0.0232. The molecule has 1 atom stereocenters. The molecule has 2 rings (SSSR count). The van der Waals surface area contributed by atoms with Gasteiger partial charge in [-0.25, -0.2) is 0 Å². The Morgan fingerprint density at radius 1 is 1.20 bits per heavy atom. The van der Waals surface area contributed by atoms with Crippen molar-refractivity contribution in [2.45, 2.75) is 32.2 Å². The molecule has 0 aliphatic heterocycles. The standard InChI is InChI=1S/C21H28N6O3/c1-14-7-8-15(13-18(14)30-12-9-16-5-2-3-10-25-16)20(29)27-17(19(22)28)6-4-11-26-21(23)24/h2-3,5,7-8,10,13,17H,4,6,9,11-12H2,1H3,(H2,22,28)(H,27,29)(H4,23,24,26)/t17-/m0/s1. The maximum atomic E-state index is 12.6. The zero-order valence-corrected chi connectivity index (χ0v) is 17.0. The third-order valence-corrected chi connectivity index (χ3v) is 4.39. The van der Waals surface area contributed by atoms with Crippen LogP contribution in [0.2, 0.25) is 0 Å². The topological polar surface area (TPSA) is 159 Å². The summed E-state index contributed by atoms with van der Waals surface area (Å²) in [4.78, 5) is 32.4. The van der Waals surface area contributed by atoms with Crippen LogP contribution in [-0.4, -0.2) is 42.0 Å². The van der Waals surface area contributed by atoms with Crippen LogP contribution < -0.4 is 27.3 Å². The van der Waals surface area contributed by atoms with Crippen molar-refractivity contribution in [3.8, 4) is 5.75 Å². The van der Waals surface area contributed by atoms with E-state index < -0.39 is 17.9 Å². The average molecular weight is 412 g/mol. The summed E-state index contributed by atoms with van der Waals surface area (Å²) in [5, 5.41) is 2.66. The Bertz CT molecular complexity index is 882. The zero-order chi connectivity index (χ0) is 21.9. The summed E-state index contributed by atoms with van der Waals surface area (Å²) < 4.78 is 5.84. The second-order valence-corrected chi connectivity index (χ2v) is 6.78. The fraction of sp³-hybridized carbons (Fsp3) is 0.333. The van der Waals surface area contributed by atoms with Crippen molar-refractivity contribution >= 4 is 17.8 Å². The molecule has 0 saturated heterocycles. The molecule has 1 aromatic heterocycles. The molecule has 160 valence electrons. The Morgan fingerprint density at radius 2 is 2.00 bits per heavy atom.